The lowest BCUT2D eigenvalue weighted by Gasteiger charge is -2.25. The summed E-state index contributed by atoms with van der Waals surface area (Å²) in [5.74, 6) is -4.14. The van der Waals surface area contributed by atoms with Gasteiger partial charge >= 0.3 is 5.97 Å². The molecule has 4 nitrogen and oxygen atoms in total. The van der Waals surface area contributed by atoms with Crippen molar-refractivity contribution in [3.05, 3.63) is 46.7 Å². The van der Waals surface area contributed by atoms with Crippen LogP contribution in [0.4, 0.5) is 8.78 Å². The second-order valence-corrected chi connectivity index (χ2v) is 4.31. The Balaban J connectivity index is 2.55. The Morgan fingerprint density at radius 1 is 1.42 bits per heavy atom. The van der Waals surface area contributed by atoms with Gasteiger partial charge in [-0.05, 0) is 18.6 Å². The molecule has 1 aromatic carbocycles. The van der Waals surface area contributed by atoms with Gasteiger partial charge in [0.2, 0.25) is 5.91 Å². The molecule has 0 saturated carbocycles. The fourth-order valence-electron chi connectivity index (χ4n) is 2.24. The highest BCUT2D eigenvalue weighted by Crippen LogP contribution is 2.34. The number of carboxylic acids is 1. The van der Waals surface area contributed by atoms with Crippen LogP contribution in [0.2, 0.25) is 0 Å². The number of carbonyl (C=O) groups is 2. The molecule has 1 amide bonds. The van der Waals surface area contributed by atoms with Crippen LogP contribution in [0.1, 0.15) is 24.8 Å². The normalized spacial score (nSPS) is 19.3. The van der Waals surface area contributed by atoms with E-state index >= 15 is 0 Å². The molecule has 0 bridgehead atoms. The van der Waals surface area contributed by atoms with Crippen LogP contribution in [0.3, 0.4) is 0 Å². The van der Waals surface area contributed by atoms with Crippen molar-refractivity contribution >= 4 is 11.9 Å². The summed E-state index contributed by atoms with van der Waals surface area (Å²) in [4.78, 5) is 22.7. The van der Waals surface area contributed by atoms with Crippen molar-refractivity contribution in [2.24, 2.45) is 0 Å². The molecule has 2 rings (SSSR count). The molecule has 0 fully saturated rings. The number of rotatable bonds is 2. The van der Waals surface area contributed by atoms with E-state index in [0.29, 0.717) is 6.07 Å². The molecule has 0 saturated heterocycles. The third kappa shape index (κ3) is 2.47. The molecule has 0 radical (unpaired) electrons. The van der Waals surface area contributed by atoms with Crippen molar-refractivity contribution in [2.75, 3.05) is 0 Å². The first-order valence-corrected chi connectivity index (χ1v) is 5.59. The molecule has 0 spiro atoms. The van der Waals surface area contributed by atoms with Gasteiger partial charge in [0.05, 0.1) is 5.57 Å². The number of amides is 1. The van der Waals surface area contributed by atoms with Crippen molar-refractivity contribution in [3.8, 4) is 0 Å². The van der Waals surface area contributed by atoms with Crippen LogP contribution in [-0.2, 0) is 9.59 Å². The van der Waals surface area contributed by atoms with Crippen molar-refractivity contribution in [3.63, 3.8) is 0 Å². The lowest BCUT2D eigenvalue weighted by Crippen LogP contribution is -2.33. The van der Waals surface area contributed by atoms with Gasteiger partial charge in [-0.2, -0.15) is 0 Å². The molecule has 2 N–H and O–H groups in total. The monoisotopic (exact) mass is 267 g/mol. The molecule has 0 aliphatic carbocycles. The second-order valence-electron chi connectivity index (χ2n) is 4.31. The minimum absolute atomic E-state index is 0.00741. The van der Waals surface area contributed by atoms with Crippen LogP contribution in [0.15, 0.2) is 29.5 Å². The summed E-state index contributed by atoms with van der Waals surface area (Å²) in [6.07, 6.45) is -0.179. The zero-order chi connectivity index (χ0) is 14.2. The Bertz CT molecular complexity index is 596. The van der Waals surface area contributed by atoms with Crippen LogP contribution in [0.25, 0.3) is 0 Å². The number of nitrogens with one attached hydrogen (secondary N) is 1. The fraction of sp³-hybridized carbons (Fsp3) is 0.231. The molecule has 1 aromatic rings. The van der Waals surface area contributed by atoms with E-state index in [9.17, 15) is 18.4 Å². The van der Waals surface area contributed by atoms with E-state index in [1.165, 1.54) is 13.0 Å². The summed E-state index contributed by atoms with van der Waals surface area (Å²) in [7, 11) is 0. The van der Waals surface area contributed by atoms with E-state index < -0.39 is 29.4 Å². The first-order chi connectivity index (χ1) is 8.90. The van der Waals surface area contributed by atoms with E-state index in [-0.39, 0.29) is 23.3 Å². The van der Waals surface area contributed by atoms with E-state index in [1.807, 2.05) is 0 Å². The van der Waals surface area contributed by atoms with Gasteiger partial charge in [-0.1, -0.05) is 6.07 Å². The molecule has 19 heavy (non-hydrogen) atoms. The lowest BCUT2D eigenvalue weighted by molar-refractivity contribution is -0.133. The molecule has 1 atom stereocenters. The van der Waals surface area contributed by atoms with Gasteiger partial charge in [0.15, 0.2) is 0 Å². The summed E-state index contributed by atoms with van der Waals surface area (Å²) in [6, 6.07) is 2.89. The largest absolute Gasteiger partial charge is 0.478 e. The topological polar surface area (TPSA) is 66.4 Å². The summed E-state index contributed by atoms with van der Waals surface area (Å²) < 4.78 is 26.6. The highest BCUT2D eigenvalue weighted by molar-refractivity contribution is 5.94. The van der Waals surface area contributed by atoms with E-state index in [0.717, 1.165) is 6.07 Å². The van der Waals surface area contributed by atoms with Crippen LogP contribution >= 0.6 is 0 Å². The van der Waals surface area contributed by atoms with Crippen LogP contribution in [0, 0.1) is 11.6 Å². The first kappa shape index (κ1) is 13.2. The maximum atomic E-state index is 13.7. The third-order valence-corrected chi connectivity index (χ3v) is 3.04. The number of hydrogen-bond acceptors (Lipinski definition) is 2. The molecule has 1 aliphatic rings. The van der Waals surface area contributed by atoms with E-state index in [1.54, 1.807) is 0 Å². The predicted molar refractivity (Wildman–Crippen MR) is 62.2 cm³/mol. The van der Waals surface area contributed by atoms with Crippen LogP contribution in [-0.4, -0.2) is 17.0 Å². The van der Waals surface area contributed by atoms with Gasteiger partial charge in [-0.25, -0.2) is 13.6 Å². The number of hydrogen-bond donors (Lipinski definition) is 2. The molecule has 6 heteroatoms. The number of halogens is 2. The lowest BCUT2D eigenvalue weighted by atomic mass is 9.84. The average Bonchev–Trinajstić information content (AvgIpc) is 2.26. The van der Waals surface area contributed by atoms with Gasteiger partial charge in [0, 0.05) is 24.1 Å². The molecule has 100 valence electrons. The standard InChI is InChI=1S/C13H11F2NO3/c1-6-12(13(18)19)9(5-11(17)16-6)8-3-2-7(14)4-10(8)15/h2-4,9H,5H2,1H3,(H,16,17)(H,18,19). The van der Waals surface area contributed by atoms with Gasteiger partial charge in [-0.3, -0.25) is 4.79 Å². The van der Waals surface area contributed by atoms with Crippen LogP contribution < -0.4 is 5.32 Å². The molecule has 1 unspecified atom stereocenters. The first-order valence-electron chi connectivity index (χ1n) is 5.59. The second kappa shape index (κ2) is 4.79. The fourth-order valence-corrected chi connectivity index (χ4v) is 2.24. The summed E-state index contributed by atoms with van der Waals surface area (Å²) in [5, 5.41) is 11.6. The molecular formula is C13H11F2NO3. The van der Waals surface area contributed by atoms with E-state index in [4.69, 9.17) is 5.11 Å². The minimum Gasteiger partial charge on any atom is -0.478 e. The summed E-state index contributed by atoms with van der Waals surface area (Å²) in [6.45, 7) is 1.44. The molecule has 1 heterocycles. The Morgan fingerprint density at radius 3 is 2.68 bits per heavy atom. The third-order valence-electron chi connectivity index (χ3n) is 3.04. The number of carbonyl (C=O) groups excluding carboxylic acids is 1. The van der Waals surface area contributed by atoms with Gasteiger partial charge < -0.3 is 10.4 Å². The number of benzene rings is 1. The van der Waals surface area contributed by atoms with Crippen molar-refractivity contribution < 1.29 is 23.5 Å². The number of allylic oxidation sites excluding steroid dienone is 1. The molecule has 0 aromatic heterocycles. The molecular weight excluding hydrogens is 256 g/mol. The Labute approximate surface area is 107 Å². The number of carboxylic acid groups (broad SMARTS) is 1. The van der Waals surface area contributed by atoms with Crippen molar-refractivity contribution in [1.82, 2.24) is 5.32 Å². The Kier molecular flexibility index (Phi) is 3.33. The van der Waals surface area contributed by atoms with Gasteiger partial charge in [0.1, 0.15) is 11.6 Å². The average molecular weight is 267 g/mol. The Morgan fingerprint density at radius 2 is 2.11 bits per heavy atom. The zero-order valence-electron chi connectivity index (χ0n) is 10.0. The van der Waals surface area contributed by atoms with Crippen molar-refractivity contribution in [2.45, 2.75) is 19.3 Å². The summed E-state index contributed by atoms with van der Waals surface area (Å²) >= 11 is 0. The summed E-state index contributed by atoms with van der Waals surface area (Å²) in [5.41, 5.74) is 0.107. The van der Waals surface area contributed by atoms with Crippen LogP contribution in [0.5, 0.6) is 0 Å². The van der Waals surface area contributed by atoms with Gasteiger partial charge in [0.25, 0.3) is 0 Å². The van der Waals surface area contributed by atoms with Gasteiger partial charge in [-0.15, -0.1) is 0 Å². The zero-order valence-corrected chi connectivity index (χ0v) is 10.0. The van der Waals surface area contributed by atoms with E-state index in [2.05, 4.69) is 5.32 Å². The Hall–Kier alpha value is -2.24. The SMILES string of the molecule is CC1=C(C(=O)O)C(c2ccc(F)cc2F)CC(=O)N1. The smallest absolute Gasteiger partial charge is 0.333 e. The minimum atomic E-state index is -1.23. The maximum Gasteiger partial charge on any atom is 0.333 e. The molecule has 1 aliphatic heterocycles. The quantitative estimate of drug-likeness (QED) is 0.860. The highest BCUT2D eigenvalue weighted by atomic mass is 19.1. The van der Waals surface area contributed by atoms with Crippen molar-refractivity contribution in [1.29, 1.82) is 0 Å². The highest BCUT2D eigenvalue weighted by Gasteiger charge is 2.33. The predicted octanol–water partition coefficient (Wildman–Crippen LogP) is 1.93. The number of aliphatic carboxylic acids is 1. The maximum absolute atomic E-state index is 13.7.